The van der Waals surface area contributed by atoms with Gasteiger partial charge >= 0.3 is 11.7 Å². The monoisotopic (exact) mass is 399 g/mol. The third kappa shape index (κ3) is 3.16. The van der Waals surface area contributed by atoms with E-state index < -0.39 is 32.7 Å². The van der Waals surface area contributed by atoms with E-state index in [1.54, 1.807) is 12.1 Å². The summed E-state index contributed by atoms with van der Waals surface area (Å²) in [5, 5.41) is 2.69. The fourth-order valence-corrected chi connectivity index (χ4v) is 3.67. The number of hydrogen-bond donors (Lipinski definition) is 1. The molecule has 0 fully saturated rings. The summed E-state index contributed by atoms with van der Waals surface area (Å²) in [5.41, 5.74) is 0.365. The van der Waals surface area contributed by atoms with E-state index in [1.165, 1.54) is 32.4 Å². The average molecular weight is 399 g/mol. The lowest BCUT2D eigenvalue weighted by molar-refractivity contribution is 0.0434. The minimum absolute atomic E-state index is 0.113. The molecule has 2 aromatic carbocycles. The molecule has 27 heavy (non-hydrogen) atoms. The number of halogens is 2. The quantitative estimate of drug-likeness (QED) is 0.747. The first-order valence-corrected chi connectivity index (χ1v) is 9.19. The van der Waals surface area contributed by atoms with Crippen molar-refractivity contribution in [1.29, 1.82) is 0 Å². The van der Waals surface area contributed by atoms with Crippen LogP contribution in [0.4, 0.5) is 14.5 Å². The molecule has 144 valence electrons. The maximum atomic E-state index is 12.9. The molecule has 0 bridgehead atoms. The van der Waals surface area contributed by atoms with Gasteiger partial charge in [-0.05, 0) is 24.3 Å². The van der Waals surface area contributed by atoms with Crippen molar-refractivity contribution in [3.8, 4) is 11.5 Å². The van der Waals surface area contributed by atoms with Crippen molar-refractivity contribution < 1.29 is 36.2 Å². The maximum Gasteiger partial charge on any atom is 0.344 e. The molecule has 10 heteroatoms. The number of anilines is 1. The van der Waals surface area contributed by atoms with E-state index >= 15 is 0 Å². The molecule has 0 radical (unpaired) electrons. The molecule has 0 unspecified atom stereocenters. The number of methoxy groups -OCH3 is 2. The third-order valence-electron chi connectivity index (χ3n) is 4.00. The van der Waals surface area contributed by atoms with Crippen LogP contribution in [0.5, 0.6) is 11.5 Å². The SMILES string of the molecule is COc1ccc2c(c1OC)C(=O)O[C@@H]2Nc1ccccc1S(=O)(=O)C(F)F. The maximum absolute atomic E-state index is 12.9. The van der Waals surface area contributed by atoms with Gasteiger partial charge in [0.25, 0.3) is 0 Å². The second kappa shape index (κ2) is 7.03. The van der Waals surface area contributed by atoms with E-state index in [2.05, 4.69) is 5.32 Å². The van der Waals surface area contributed by atoms with Crippen LogP contribution in [0.1, 0.15) is 22.1 Å². The highest BCUT2D eigenvalue weighted by Crippen LogP contribution is 2.42. The van der Waals surface area contributed by atoms with Gasteiger partial charge in [0.1, 0.15) is 5.56 Å². The minimum Gasteiger partial charge on any atom is -0.493 e. The fraction of sp³-hybridized carbons (Fsp3) is 0.235. The molecule has 1 aliphatic heterocycles. The highest BCUT2D eigenvalue weighted by atomic mass is 32.2. The van der Waals surface area contributed by atoms with Gasteiger partial charge in [-0.25, -0.2) is 13.2 Å². The molecule has 1 heterocycles. The van der Waals surface area contributed by atoms with Crippen molar-refractivity contribution >= 4 is 21.5 Å². The number of fused-ring (bicyclic) bond motifs is 1. The molecule has 1 atom stereocenters. The van der Waals surface area contributed by atoms with Crippen LogP contribution in [0.3, 0.4) is 0 Å². The molecule has 0 saturated heterocycles. The number of carbonyl (C=O) groups excluding carboxylic acids is 1. The average Bonchev–Trinajstić information content (AvgIpc) is 2.96. The van der Waals surface area contributed by atoms with Gasteiger partial charge in [0, 0.05) is 5.56 Å². The van der Waals surface area contributed by atoms with Crippen LogP contribution >= 0.6 is 0 Å². The Bertz CT molecular complexity index is 993. The number of ether oxygens (including phenoxy) is 3. The van der Waals surface area contributed by atoms with E-state index in [9.17, 15) is 22.0 Å². The first-order valence-electron chi connectivity index (χ1n) is 7.64. The molecular weight excluding hydrogens is 384 g/mol. The minimum atomic E-state index is -4.84. The first kappa shape index (κ1) is 18.9. The van der Waals surface area contributed by atoms with Crippen LogP contribution in [-0.4, -0.2) is 34.4 Å². The number of alkyl halides is 2. The van der Waals surface area contributed by atoms with E-state index in [-0.39, 0.29) is 17.0 Å². The summed E-state index contributed by atoms with van der Waals surface area (Å²) in [6.07, 6.45) is -1.08. The molecular formula is C17H15F2NO6S. The molecule has 1 aliphatic rings. The highest BCUT2D eigenvalue weighted by molar-refractivity contribution is 7.91. The number of rotatable bonds is 6. The van der Waals surface area contributed by atoms with Crippen molar-refractivity contribution in [3.05, 3.63) is 47.5 Å². The molecule has 0 saturated carbocycles. The number of esters is 1. The van der Waals surface area contributed by atoms with E-state index in [0.29, 0.717) is 11.3 Å². The van der Waals surface area contributed by atoms with Gasteiger partial charge in [-0.2, -0.15) is 8.78 Å². The second-order valence-electron chi connectivity index (χ2n) is 5.50. The van der Waals surface area contributed by atoms with Crippen molar-refractivity contribution in [2.24, 2.45) is 0 Å². The molecule has 0 aromatic heterocycles. The second-order valence-corrected chi connectivity index (χ2v) is 7.38. The summed E-state index contributed by atoms with van der Waals surface area (Å²) in [6.45, 7) is 0. The normalized spacial score (nSPS) is 16.0. The molecule has 0 aliphatic carbocycles. The number of nitrogens with one attached hydrogen (secondary N) is 1. The van der Waals surface area contributed by atoms with Gasteiger partial charge in [0.05, 0.1) is 24.8 Å². The van der Waals surface area contributed by atoms with E-state index in [0.717, 1.165) is 6.07 Å². The van der Waals surface area contributed by atoms with Gasteiger partial charge in [-0.15, -0.1) is 0 Å². The molecule has 7 nitrogen and oxygen atoms in total. The largest absolute Gasteiger partial charge is 0.493 e. The first-order chi connectivity index (χ1) is 12.8. The van der Waals surface area contributed by atoms with Crippen molar-refractivity contribution in [2.45, 2.75) is 16.9 Å². The lowest BCUT2D eigenvalue weighted by Gasteiger charge is -2.17. The zero-order valence-electron chi connectivity index (χ0n) is 14.2. The fourth-order valence-electron chi connectivity index (χ4n) is 2.78. The van der Waals surface area contributed by atoms with Gasteiger partial charge in [-0.3, -0.25) is 0 Å². The van der Waals surface area contributed by atoms with Gasteiger partial charge < -0.3 is 19.5 Å². The Morgan fingerprint density at radius 3 is 2.44 bits per heavy atom. The Morgan fingerprint density at radius 2 is 1.81 bits per heavy atom. The highest BCUT2D eigenvalue weighted by Gasteiger charge is 2.37. The number of hydrogen-bond acceptors (Lipinski definition) is 7. The smallest absolute Gasteiger partial charge is 0.344 e. The molecule has 0 amide bonds. The lowest BCUT2D eigenvalue weighted by atomic mass is 10.1. The summed E-state index contributed by atoms with van der Waals surface area (Å²) in [4.78, 5) is 11.7. The van der Waals surface area contributed by atoms with Crippen molar-refractivity contribution in [3.63, 3.8) is 0 Å². The molecule has 3 rings (SSSR count). The van der Waals surface area contributed by atoms with Crippen LogP contribution in [0, 0.1) is 0 Å². The molecule has 2 aromatic rings. The van der Waals surface area contributed by atoms with Gasteiger partial charge in [0.15, 0.2) is 11.5 Å². The van der Waals surface area contributed by atoms with Crippen molar-refractivity contribution in [2.75, 3.05) is 19.5 Å². The van der Waals surface area contributed by atoms with Gasteiger partial charge in [0.2, 0.25) is 16.1 Å². The topological polar surface area (TPSA) is 90.9 Å². The predicted octanol–water partition coefficient (Wildman–Crippen LogP) is 2.98. The number of cyclic esters (lactones) is 1. The zero-order chi connectivity index (χ0) is 19.8. The van der Waals surface area contributed by atoms with Crippen LogP contribution in [0.15, 0.2) is 41.3 Å². The Hall–Kier alpha value is -2.88. The Balaban J connectivity index is 2.03. The predicted molar refractivity (Wildman–Crippen MR) is 91.0 cm³/mol. The lowest BCUT2D eigenvalue weighted by Crippen LogP contribution is -2.17. The number of sulfone groups is 1. The summed E-state index contributed by atoms with van der Waals surface area (Å²) in [7, 11) is -2.08. The number of benzene rings is 2. The van der Waals surface area contributed by atoms with Gasteiger partial charge in [-0.1, -0.05) is 12.1 Å². The molecule has 1 N–H and O–H groups in total. The Kier molecular flexibility index (Phi) is 4.92. The summed E-state index contributed by atoms with van der Waals surface area (Å²) in [5.74, 6) is -3.82. The summed E-state index contributed by atoms with van der Waals surface area (Å²) < 4.78 is 65.2. The van der Waals surface area contributed by atoms with Crippen LogP contribution < -0.4 is 14.8 Å². The Labute approximate surface area is 153 Å². The third-order valence-corrected chi connectivity index (χ3v) is 5.44. The van der Waals surface area contributed by atoms with Crippen molar-refractivity contribution in [1.82, 2.24) is 0 Å². The Morgan fingerprint density at radius 1 is 1.11 bits per heavy atom. The number of carbonyl (C=O) groups is 1. The standard InChI is InChI=1S/C17H15F2NO6S/c1-24-11-8-7-9-13(14(11)25-2)16(21)26-15(9)20-10-5-3-4-6-12(10)27(22,23)17(18)19/h3-8,15,17,20H,1-2H3/t15-/m0/s1. The summed E-state index contributed by atoms with van der Waals surface area (Å²) >= 11 is 0. The summed E-state index contributed by atoms with van der Waals surface area (Å²) in [6, 6.07) is 8.25. The molecule has 0 spiro atoms. The van der Waals surface area contributed by atoms with Crippen LogP contribution in [-0.2, 0) is 14.6 Å². The van der Waals surface area contributed by atoms with E-state index in [4.69, 9.17) is 14.2 Å². The number of para-hydroxylation sites is 1. The van der Waals surface area contributed by atoms with Crippen LogP contribution in [0.2, 0.25) is 0 Å². The zero-order valence-corrected chi connectivity index (χ0v) is 15.0. The van der Waals surface area contributed by atoms with Crippen LogP contribution in [0.25, 0.3) is 0 Å². The van der Waals surface area contributed by atoms with E-state index in [1.807, 2.05) is 0 Å².